The highest BCUT2D eigenvalue weighted by atomic mass is 16.5. The third-order valence-corrected chi connectivity index (χ3v) is 1.80. The molecule has 13 heavy (non-hydrogen) atoms. The van der Waals surface area contributed by atoms with Crippen LogP contribution in [0.4, 0.5) is 0 Å². The normalized spacial score (nSPS) is 10.2. The average Bonchev–Trinajstić information content (AvgIpc) is 2.60. The third kappa shape index (κ3) is 3.42. The van der Waals surface area contributed by atoms with Crippen molar-refractivity contribution in [1.29, 1.82) is 0 Å². The van der Waals surface area contributed by atoms with Gasteiger partial charge in [0.25, 0.3) is 0 Å². The van der Waals surface area contributed by atoms with E-state index in [-0.39, 0.29) is 0 Å². The maximum Gasteiger partial charge on any atom is 0.166 e. The molecule has 0 spiro atoms. The number of hydrogen-bond donors (Lipinski definition) is 1. The molecule has 1 aromatic heterocycles. The number of hydrogen-bond acceptors (Lipinski definition) is 2. The Labute approximate surface area is 78.1 Å². The van der Waals surface area contributed by atoms with E-state index in [0.29, 0.717) is 12.3 Å². The second kappa shape index (κ2) is 5.54. The van der Waals surface area contributed by atoms with Crippen LogP contribution in [0.25, 0.3) is 0 Å². The van der Waals surface area contributed by atoms with Gasteiger partial charge in [0.1, 0.15) is 0 Å². The Morgan fingerprint density at radius 3 is 3.00 bits per heavy atom. The standard InChI is InChI=1S/C10H15NO2/c1-2-3-6-13-8-10-5-4-9(7-12)11-10/h4-5,7,11H,2-3,6,8H2,1H3. The Morgan fingerprint density at radius 1 is 1.54 bits per heavy atom. The number of carbonyl (C=O) groups is 1. The molecule has 3 heteroatoms. The maximum atomic E-state index is 10.3. The zero-order chi connectivity index (χ0) is 9.52. The number of nitrogens with one attached hydrogen (secondary N) is 1. The minimum absolute atomic E-state index is 0.563. The Morgan fingerprint density at radius 2 is 2.38 bits per heavy atom. The molecule has 1 rings (SSSR count). The molecule has 0 fully saturated rings. The fraction of sp³-hybridized carbons (Fsp3) is 0.500. The van der Waals surface area contributed by atoms with Crippen LogP contribution in [0.1, 0.15) is 35.9 Å². The smallest absolute Gasteiger partial charge is 0.166 e. The van der Waals surface area contributed by atoms with Gasteiger partial charge in [-0.2, -0.15) is 0 Å². The van der Waals surface area contributed by atoms with E-state index in [2.05, 4.69) is 11.9 Å². The quantitative estimate of drug-likeness (QED) is 0.539. The van der Waals surface area contributed by atoms with Gasteiger partial charge in [-0.1, -0.05) is 13.3 Å². The summed E-state index contributed by atoms with van der Waals surface area (Å²) < 4.78 is 5.37. The van der Waals surface area contributed by atoms with Crippen LogP contribution in [0.2, 0.25) is 0 Å². The summed E-state index contributed by atoms with van der Waals surface area (Å²) in [7, 11) is 0. The van der Waals surface area contributed by atoms with E-state index in [0.717, 1.165) is 31.4 Å². The van der Waals surface area contributed by atoms with Crippen LogP contribution in [-0.4, -0.2) is 17.9 Å². The largest absolute Gasteiger partial charge is 0.375 e. The summed E-state index contributed by atoms with van der Waals surface area (Å²) in [4.78, 5) is 13.3. The Kier molecular flexibility index (Phi) is 4.26. The summed E-state index contributed by atoms with van der Waals surface area (Å²) in [5.41, 5.74) is 1.56. The summed E-state index contributed by atoms with van der Waals surface area (Å²) >= 11 is 0. The van der Waals surface area contributed by atoms with Gasteiger partial charge in [0.05, 0.1) is 12.3 Å². The topological polar surface area (TPSA) is 42.1 Å². The molecule has 0 aliphatic rings. The molecule has 0 unspecified atom stereocenters. The predicted octanol–water partition coefficient (Wildman–Crippen LogP) is 2.14. The molecule has 3 nitrogen and oxygen atoms in total. The Hall–Kier alpha value is -1.09. The van der Waals surface area contributed by atoms with Crippen LogP contribution in [0.5, 0.6) is 0 Å². The number of aromatic nitrogens is 1. The third-order valence-electron chi connectivity index (χ3n) is 1.80. The van der Waals surface area contributed by atoms with E-state index in [1.807, 2.05) is 6.07 Å². The van der Waals surface area contributed by atoms with E-state index < -0.39 is 0 Å². The van der Waals surface area contributed by atoms with Crippen molar-refractivity contribution in [2.75, 3.05) is 6.61 Å². The summed E-state index contributed by atoms with van der Waals surface area (Å²) in [5.74, 6) is 0. The first-order chi connectivity index (χ1) is 6.36. The van der Waals surface area contributed by atoms with Gasteiger partial charge in [0, 0.05) is 12.3 Å². The molecule has 0 aliphatic heterocycles. The minimum Gasteiger partial charge on any atom is -0.375 e. The lowest BCUT2D eigenvalue weighted by Gasteiger charge is -2.00. The predicted molar refractivity (Wildman–Crippen MR) is 50.7 cm³/mol. The molecule has 72 valence electrons. The van der Waals surface area contributed by atoms with Crippen LogP contribution >= 0.6 is 0 Å². The molecule has 1 N–H and O–H groups in total. The van der Waals surface area contributed by atoms with Crippen LogP contribution in [-0.2, 0) is 11.3 Å². The first-order valence-corrected chi connectivity index (χ1v) is 4.57. The highest BCUT2D eigenvalue weighted by molar-refractivity contribution is 5.71. The van der Waals surface area contributed by atoms with E-state index in [9.17, 15) is 4.79 Å². The highest BCUT2D eigenvalue weighted by Crippen LogP contribution is 2.01. The van der Waals surface area contributed by atoms with Crippen LogP contribution in [0.3, 0.4) is 0 Å². The van der Waals surface area contributed by atoms with E-state index >= 15 is 0 Å². The Balaban J connectivity index is 2.24. The molecule has 1 heterocycles. The number of aromatic amines is 1. The highest BCUT2D eigenvalue weighted by Gasteiger charge is 1.96. The lowest BCUT2D eigenvalue weighted by atomic mass is 10.4. The fourth-order valence-corrected chi connectivity index (χ4v) is 1.04. The SMILES string of the molecule is CCCCOCc1ccc(C=O)[nH]1. The number of rotatable bonds is 6. The lowest BCUT2D eigenvalue weighted by Crippen LogP contribution is -1.95. The van der Waals surface area contributed by atoms with Gasteiger partial charge in [-0.25, -0.2) is 0 Å². The summed E-state index contributed by atoms with van der Waals surface area (Å²) in [6.07, 6.45) is 3.03. The zero-order valence-electron chi connectivity index (χ0n) is 7.88. The monoisotopic (exact) mass is 181 g/mol. The van der Waals surface area contributed by atoms with Gasteiger partial charge in [-0.05, 0) is 18.6 Å². The second-order valence-corrected chi connectivity index (χ2v) is 2.96. The van der Waals surface area contributed by atoms with E-state index in [4.69, 9.17) is 4.74 Å². The van der Waals surface area contributed by atoms with Crippen LogP contribution < -0.4 is 0 Å². The van der Waals surface area contributed by atoms with Crippen molar-refractivity contribution < 1.29 is 9.53 Å². The van der Waals surface area contributed by atoms with E-state index in [1.165, 1.54) is 0 Å². The molecule has 0 aliphatic carbocycles. The van der Waals surface area contributed by atoms with E-state index in [1.54, 1.807) is 6.07 Å². The van der Waals surface area contributed by atoms with Gasteiger partial charge in [0.15, 0.2) is 6.29 Å². The number of ether oxygens (including phenoxy) is 1. The summed E-state index contributed by atoms with van der Waals surface area (Å²) in [6, 6.07) is 3.63. The van der Waals surface area contributed by atoms with Gasteiger partial charge < -0.3 is 9.72 Å². The molecule has 0 amide bonds. The van der Waals surface area contributed by atoms with Gasteiger partial charge >= 0.3 is 0 Å². The Bertz CT molecular complexity index is 255. The molecule has 0 saturated heterocycles. The molecule has 0 atom stereocenters. The first kappa shape index (κ1) is 9.99. The first-order valence-electron chi connectivity index (χ1n) is 4.57. The molecular formula is C10H15NO2. The number of unbranched alkanes of at least 4 members (excludes halogenated alkanes) is 1. The van der Waals surface area contributed by atoms with Crippen molar-refractivity contribution in [3.8, 4) is 0 Å². The molecule has 0 bridgehead atoms. The average molecular weight is 181 g/mol. The molecule has 0 radical (unpaired) electrons. The summed E-state index contributed by atoms with van der Waals surface area (Å²) in [5, 5.41) is 0. The van der Waals surface area contributed by atoms with Crippen molar-refractivity contribution in [2.24, 2.45) is 0 Å². The summed E-state index contributed by atoms with van der Waals surface area (Å²) in [6.45, 7) is 3.47. The molecule has 1 aromatic rings. The van der Waals surface area contributed by atoms with Gasteiger partial charge in [0.2, 0.25) is 0 Å². The van der Waals surface area contributed by atoms with Crippen molar-refractivity contribution in [2.45, 2.75) is 26.4 Å². The fourth-order valence-electron chi connectivity index (χ4n) is 1.04. The molecule has 0 aromatic carbocycles. The van der Waals surface area contributed by atoms with Crippen LogP contribution in [0.15, 0.2) is 12.1 Å². The minimum atomic E-state index is 0.563. The van der Waals surface area contributed by atoms with Crippen molar-refractivity contribution in [3.63, 3.8) is 0 Å². The molecule has 0 saturated carbocycles. The zero-order valence-corrected chi connectivity index (χ0v) is 7.88. The number of H-pyrrole nitrogens is 1. The van der Waals surface area contributed by atoms with Gasteiger partial charge in [-0.15, -0.1) is 0 Å². The number of carbonyl (C=O) groups excluding carboxylic acids is 1. The van der Waals surface area contributed by atoms with Crippen molar-refractivity contribution >= 4 is 6.29 Å². The second-order valence-electron chi connectivity index (χ2n) is 2.96. The molecular weight excluding hydrogens is 166 g/mol. The van der Waals surface area contributed by atoms with Crippen LogP contribution in [0, 0.1) is 0 Å². The van der Waals surface area contributed by atoms with Crippen molar-refractivity contribution in [1.82, 2.24) is 4.98 Å². The maximum absolute atomic E-state index is 10.3. The number of aldehydes is 1. The van der Waals surface area contributed by atoms with Crippen molar-refractivity contribution in [3.05, 3.63) is 23.5 Å². The van der Waals surface area contributed by atoms with Gasteiger partial charge in [-0.3, -0.25) is 4.79 Å². The lowest BCUT2D eigenvalue weighted by molar-refractivity contribution is 0.111.